The van der Waals surface area contributed by atoms with E-state index in [2.05, 4.69) is 10.3 Å². The van der Waals surface area contributed by atoms with Crippen molar-refractivity contribution in [3.05, 3.63) is 24.5 Å². The Hall–Kier alpha value is -1.62. The van der Waals surface area contributed by atoms with Crippen LogP contribution >= 0.6 is 0 Å². The maximum absolute atomic E-state index is 11.9. The van der Waals surface area contributed by atoms with Gasteiger partial charge in [0, 0.05) is 37.1 Å². The Balaban J connectivity index is 1.90. The molecule has 1 aromatic heterocycles. The van der Waals surface area contributed by atoms with Gasteiger partial charge in [0.05, 0.1) is 6.10 Å². The van der Waals surface area contributed by atoms with Gasteiger partial charge in [-0.1, -0.05) is 0 Å². The number of urea groups is 1. The minimum absolute atomic E-state index is 0.112. The number of carbonyl (C=O) groups excluding carboxylic acids is 1. The van der Waals surface area contributed by atoms with Crippen molar-refractivity contribution in [2.45, 2.75) is 19.4 Å². The number of rotatable bonds is 2. The third kappa shape index (κ3) is 2.94. The molecule has 2 amide bonds. The Morgan fingerprint density at radius 1 is 1.59 bits per heavy atom. The molecule has 0 bridgehead atoms. The normalized spacial score (nSPS) is 21.3. The van der Waals surface area contributed by atoms with Crippen LogP contribution in [-0.2, 0) is 0 Å². The third-order valence-electron chi connectivity index (χ3n) is 3.13. The van der Waals surface area contributed by atoms with Crippen LogP contribution in [0, 0.1) is 5.92 Å². The van der Waals surface area contributed by atoms with Crippen LogP contribution in [0.25, 0.3) is 0 Å². The zero-order valence-corrected chi connectivity index (χ0v) is 9.84. The van der Waals surface area contributed by atoms with Gasteiger partial charge in [-0.3, -0.25) is 4.98 Å². The summed E-state index contributed by atoms with van der Waals surface area (Å²) in [6.07, 6.45) is 3.78. The second kappa shape index (κ2) is 5.14. The van der Waals surface area contributed by atoms with Crippen molar-refractivity contribution in [1.82, 2.24) is 9.88 Å². The van der Waals surface area contributed by atoms with E-state index in [4.69, 9.17) is 0 Å². The fourth-order valence-electron chi connectivity index (χ4n) is 2.00. The fraction of sp³-hybridized carbons (Fsp3) is 0.500. The van der Waals surface area contributed by atoms with Crippen LogP contribution in [0.2, 0.25) is 0 Å². The Kier molecular flexibility index (Phi) is 3.58. The summed E-state index contributed by atoms with van der Waals surface area (Å²) in [5, 5.41) is 12.3. The average molecular weight is 235 g/mol. The predicted octanol–water partition coefficient (Wildman–Crippen LogP) is 1.32. The Labute approximate surface area is 100 Å². The summed E-state index contributed by atoms with van der Waals surface area (Å²) >= 11 is 0. The van der Waals surface area contributed by atoms with E-state index in [1.54, 1.807) is 36.4 Å². The van der Waals surface area contributed by atoms with Gasteiger partial charge in [-0.2, -0.15) is 0 Å². The zero-order valence-electron chi connectivity index (χ0n) is 9.84. The summed E-state index contributed by atoms with van der Waals surface area (Å²) < 4.78 is 0. The minimum Gasteiger partial charge on any atom is -0.393 e. The molecule has 5 heteroatoms. The van der Waals surface area contributed by atoms with Crippen molar-refractivity contribution in [1.29, 1.82) is 0 Å². The zero-order chi connectivity index (χ0) is 12.3. The van der Waals surface area contributed by atoms with Crippen LogP contribution in [0.1, 0.15) is 13.3 Å². The first-order valence-corrected chi connectivity index (χ1v) is 5.81. The number of hydrogen-bond acceptors (Lipinski definition) is 3. The summed E-state index contributed by atoms with van der Waals surface area (Å²) in [5.41, 5.74) is 0.741. The number of hydrogen-bond donors (Lipinski definition) is 2. The van der Waals surface area contributed by atoms with Gasteiger partial charge in [0.1, 0.15) is 0 Å². The van der Waals surface area contributed by atoms with E-state index in [0.717, 1.165) is 12.1 Å². The van der Waals surface area contributed by atoms with E-state index in [0.29, 0.717) is 13.1 Å². The largest absolute Gasteiger partial charge is 0.393 e. The van der Waals surface area contributed by atoms with Gasteiger partial charge in [-0.05, 0) is 25.5 Å². The highest BCUT2D eigenvalue weighted by Crippen LogP contribution is 2.20. The highest BCUT2D eigenvalue weighted by molar-refractivity contribution is 5.89. The lowest BCUT2D eigenvalue weighted by atomic mass is 10.0. The first kappa shape index (κ1) is 11.9. The van der Waals surface area contributed by atoms with Crippen molar-refractivity contribution in [2.75, 3.05) is 18.4 Å². The lowest BCUT2D eigenvalue weighted by molar-refractivity contribution is 0.130. The van der Waals surface area contributed by atoms with Crippen molar-refractivity contribution in [3.63, 3.8) is 0 Å². The second-order valence-corrected chi connectivity index (χ2v) is 4.40. The molecule has 1 fully saturated rings. The molecule has 0 aliphatic carbocycles. The van der Waals surface area contributed by atoms with E-state index in [9.17, 15) is 9.90 Å². The van der Waals surface area contributed by atoms with Crippen molar-refractivity contribution >= 4 is 11.7 Å². The number of aliphatic hydroxyl groups excluding tert-OH is 1. The number of likely N-dealkylation sites (tertiary alicyclic amines) is 1. The van der Waals surface area contributed by atoms with E-state index in [1.165, 1.54) is 0 Å². The number of carbonyl (C=O) groups is 1. The molecule has 1 aromatic rings. The molecule has 1 aliphatic heterocycles. The topological polar surface area (TPSA) is 65.5 Å². The average Bonchev–Trinajstić information content (AvgIpc) is 2.79. The molecule has 0 spiro atoms. The monoisotopic (exact) mass is 235 g/mol. The quantitative estimate of drug-likeness (QED) is 0.812. The first-order valence-electron chi connectivity index (χ1n) is 5.81. The summed E-state index contributed by atoms with van der Waals surface area (Å²) in [6, 6.07) is 3.39. The van der Waals surface area contributed by atoms with Crippen molar-refractivity contribution in [2.24, 2.45) is 5.92 Å². The van der Waals surface area contributed by atoms with Gasteiger partial charge < -0.3 is 15.3 Å². The number of nitrogens with one attached hydrogen (secondary N) is 1. The van der Waals surface area contributed by atoms with Gasteiger partial charge in [-0.25, -0.2) is 4.79 Å². The fourth-order valence-corrected chi connectivity index (χ4v) is 2.00. The molecule has 2 heterocycles. The summed E-state index contributed by atoms with van der Waals surface area (Å²) in [6.45, 7) is 3.09. The van der Waals surface area contributed by atoms with E-state index < -0.39 is 0 Å². The highest BCUT2D eigenvalue weighted by Gasteiger charge is 2.28. The van der Waals surface area contributed by atoms with Gasteiger partial charge in [0.25, 0.3) is 0 Å². The van der Waals surface area contributed by atoms with Crippen LogP contribution in [0.15, 0.2) is 24.5 Å². The summed E-state index contributed by atoms with van der Waals surface area (Å²) in [5.74, 6) is 0.193. The number of amides is 2. The standard InChI is InChI=1S/C12H17N3O2/c1-9(16)10-4-7-15(8-10)12(17)14-11-2-5-13-6-3-11/h2-3,5-6,9-10,16H,4,7-8H2,1H3,(H,13,14,17). The smallest absolute Gasteiger partial charge is 0.321 e. The van der Waals surface area contributed by atoms with Gasteiger partial charge >= 0.3 is 6.03 Å². The van der Waals surface area contributed by atoms with Crippen LogP contribution < -0.4 is 5.32 Å². The van der Waals surface area contributed by atoms with E-state index in [-0.39, 0.29) is 18.1 Å². The van der Waals surface area contributed by atoms with Crippen LogP contribution in [-0.4, -0.2) is 40.2 Å². The third-order valence-corrected chi connectivity index (χ3v) is 3.13. The Bertz CT molecular complexity index is 381. The second-order valence-electron chi connectivity index (χ2n) is 4.40. The molecule has 0 aromatic carbocycles. The van der Waals surface area contributed by atoms with Gasteiger partial charge in [-0.15, -0.1) is 0 Å². The van der Waals surface area contributed by atoms with E-state index >= 15 is 0 Å². The molecule has 2 N–H and O–H groups in total. The maximum atomic E-state index is 11.9. The van der Waals surface area contributed by atoms with Crippen LogP contribution in [0.5, 0.6) is 0 Å². The van der Waals surface area contributed by atoms with Crippen LogP contribution in [0.3, 0.4) is 0 Å². The molecule has 0 radical (unpaired) electrons. The Morgan fingerprint density at radius 3 is 2.88 bits per heavy atom. The maximum Gasteiger partial charge on any atom is 0.321 e. The van der Waals surface area contributed by atoms with E-state index in [1.807, 2.05) is 0 Å². The lowest BCUT2D eigenvalue weighted by Gasteiger charge is -2.18. The summed E-state index contributed by atoms with van der Waals surface area (Å²) in [7, 11) is 0. The van der Waals surface area contributed by atoms with Crippen molar-refractivity contribution in [3.8, 4) is 0 Å². The molecule has 2 unspecified atom stereocenters. The molecule has 0 saturated carbocycles. The van der Waals surface area contributed by atoms with Crippen LogP contribution in [0.4, 0.5) is 10.5 Å². The lowest BCUT2D eigenvalue weighted by Crippen LogP contribution is -2.34. The SMILES string of the molecule is CC(O)C1CCN(C(=O)Nc2ccncc2)C1. The molecular formula is C12H17N3O2. The van der Waals surface area contributed by atoms with Gasteiger partial charge in [0.15, 0.2) is 0 Å². The minimum atomic E-state index is -0.353. The summed E-state index contributed by atoms with van der Waals surface area (Å²) in [4.78, 5) is 17.5. The number of nitrogens with zero attached hydrogens (tertiary/aromatic N) is 2. The highest BCUT2D eigenvalue weighted by atomic mass is 16.3. The molecule has 2 atom stereocenters. The molecule has 17 heavy (non-hydrogen) atoms. The molecular weight excluding hydrogens is 218 g/mol. The molecule has 92 valence electrons. The molecule has 1 saturated heterocycles. The molecule has 1 aliphatic rings. The van der Waals surface area contributed by atoms with Gasteiger partial charge in [0.2, 0.25) is 0 Å². The molecule has 2 rings (SSSR count). The first-order chi connectivity index (χ1) is 8.16. The number of aromatic nitrogens is 1. The number of aliphatic hydroxyl groups is 1. The van der Waals surface area contributed by atoms with Crippen molar-refractivity contribution < 1.29 is 9.90 Å². The number of anilines is 1. The molecule has 5 nitrogen and oxygen atoms in total. The Morgan fingerprint density at radius 2 is 2.29 bits per heavy atom. The number of pyridine rings is 1. The predicted molar refractivity (Wildman–Crippen MR) is 64.6 cm³/mol.